The molecular weight excluding hydrogens is 1710 g/mol. The largest absolute Gasteiger partial charge is 0.483 e. The molecule has 1 heterocycles. The maximum atomic E-state index is 13.0. The molecule has 0 spiro atoms. The average molecular weight is 1800 g/mol. The molecular formula is C102H84NO11SY3-3. The molecule has 1 fully saturated rings. The summed E-state index contributed by atoms with van der Waals surface area (Å²) in [6.07, 6.45) is 9.51. The van der Waals surface area contributed by atoms with Gasteiger partial charge in [0.1, 0.15) is 40.2 Å². The second-order valence-corrected chi connectivity index (χ2v) is 28.6. The first kappa shape index (κ1) is 91.5. The van der Waals surface area contributed by atoms with Gasteiger partial charge >= 0.3 is 23.9 Å². The Kier molecular flexibility index (Phi) is 36.1. The van der Waals surface area contributed by atoms with Crippen molar-refractivity contribution in [3.63, 3.8) is 0 Å². The number of ether oxygens (including phenoxy) is 6. The summed E-state index contributed by atoms with van der Waals surface area (Å²) < 4.78 is 33.2. The van der Waals surface area contributed by atoms with Gasteiger partial charge in [-0.05, 0) is 231 Å². The molecule has 581 valence electrons. The number of aryl methyl sites for hydroxylation is 4. The Morgan fingerprint density at radius 2 is 0.593 bits per heavy atom. The molecule has 0 unspecified atom stereocenters. The minimum Gasteiger partial charge on any atom is -0.483 e. The molecule has 0 N–H and O–H groups in total. The number of thiocarbonyl (C=S) groups is 1. The standard InChI is InChI=1S/C33H25NO3.C27H19O5.C26H19O3.C16H21S.3Y/c1-22-3-6-29(7-4-22)33(36)37-31-19-17-25(18-20-31)24-9-13-27(14-10-24)32(35)28-15-11-26(12-16-28)30-8-5-23(2)34-21-30;1-19-7-13-24(14-8-19)31-26(28)20-9-11-21(12-10-20)27(29)32-25-17-15-23(16-18-25)30-22-5-3-2-4-6-22;1-19-7-13-23(14-8-19)28-24-15-9-20(10-16-24)21-11-17-25(18-12-21)29-26(27)22-5-3-2-4-6-22;1-13-7-9-15(10-8-13)12-16(17)11-14-5-3-2-4-6-14;;;/h3-21H,1-2H3;3-18H,1H3;3-18H,1H3;3-6,13,15H,7-12H2,1H3;;;/q;3*-1;;;. The van der Waals surface area contributed by atoms with Crippen LogP contribution in [-0.4, -0.2) is 39.5 Å². The molecule has 0 saturated heterocycles. The van der Waals surface area contributed by atoms with Crippen LogP contribution in [0.25, 0.3) is 33.4 Å². The summed E-state index contributed by atoms with van der Waals surface area (Å²) >= 11 is 5.54. The molecule has 0 bridgehead atoms. The Labute approximate surface area is 771 Å². The first-order chi connectivity index (χ1) is 55.9. The van der Waals surface area contributed by atoms with Gasteiger partial charge in [0.05, 0.1) is 16.7 Å². The molecule has 3 radical (unpaired) electrons. The molecule has 0 amide bonds. The number of nitrogens with zero attached hydrogens (tertiary/aromatic N) is 1. The summed E-state index contributed by atoms with van der Waals surface area (Å²) in [4.78, 5) is 67.8. The first-order valence-corrected chi connectivity index (χ1v) is 38.4. The van der Waals surface area contributed by atoms with Crippen LogP contribution in [0.5, 0.6) is 46.0 Å². The summed E-state index contributed by atoms with van der Waals surface area (Å²) in [5.74, 6) is 4.68. The topological polar surface area (TPSA) is 154 Å². The molecule has 0 aliphatic heterocycles. The Balaban J connectivity index is 0.000000183. The minimum atomic E-state index is -0.532. The van der Waals surface area contributed by atoms with Gasteiger partial charge in [-0.2, -0.15) is 84.4 Å². The smallest absolute Gasteiger partial charge is 0.343 e. The van der Waals surface area contributed by atoms with Crippen molar-refractivity contribution in [2.45, 2.75) is 73.1 Å². The van der Waals surface area contributed by atoms with Crippen molar-refractivity contribution in [3.05, 3.63) is 413 Å². The van der Waals surface area contributed by atoms with Crippen LogP contribution in [0.1, 0.15) is 124 Å². The summed E-state index contributed by atoms with van der Waals surface area (Å²) in [5, 5.41) is 0. The van der Waals surface area contributed by atoms with Gasteiger partial charge in [-0.25, -0.2) is 19.2 Å². The number of rotatable bonds is 21. The number of carbonyl (C=O) groups is 5. The number of aromatic nitrogens is 1. The van der Waals surface area contributed by atoms with E-state index in [1.165, 1.54) is 65.9 Å². The van der Waals surface area contributed by atoms with Gasteiger partial charge in [0, 0.05) is 132 Å². The maximum absolute atomic E-state index is 13.0. The van der Waals surface area contributed by atoms with Crippen molar-refractivity contribution in [1.82, 2.24) is 4.98 Å². The predicted molar refractivity (Wildman–Crippen MR) is 456 cm³/mol. The molecule has 15 rings (SSSR count). The third kappa shape index (κ3) is 28.4. The summed E-state index contributed by atoms with van der Waals surface area (Å²) in [5.41, 5.74) is 14.6. The van der Waals surface area contributed by atoms with Crippen LogP contribution < -0.4 is 28.4 Å². The molecule has 118 heavy (non-hydrogen) atoms. The van der Waals surface area contributed by atoms with Crippen molar-refractivity contribution in [3.8, 4) is 79.4 Å². The molecule has 1 saturated carbocycles. The van der Waals surface area contributed by atoms with Crippen LogP contribution in [0.15, 0.2) is 334 Å². The van der Waals surface area contributed by atoms with Gasteiger partial charge in [-0.3, -0.25) is 9.78 Å². The molecule has 1 aliphatic carbocycles. The van der Waals surface area contributed by atoms with Gasteiger partial charge < -0.3 is 28.4 Å². The molecule has 13 aromatic carbocycles. The predicted octanol–water partition coefficient (Wildman–Crippen LogP) is 24.6. The second kappa shape index (κ2) is 46.6. The van der Waals surface area contributed by atoms with E-state index >= 15 is 0 Å². The van der Waals surface area contributed by atoms with Crippen LogP contribution in [0.3, 0.4) is 0 Å². The van der Waals surface area contributed by atoms with E-state index in [1.54, 1.807) is 121 Å². The van der Waals surface area contributed by atoms with Gasteiger partial charge in [-0.1, -0.05) is 176 Å². The van der Waals surface area contributed by atoms with Crippen LogP contribution in [-0.2, 0) is 105 Å². The van der Waals surface area contributed by atoms with Crippen LogP contribution >= 0.6 is 12.2 Å². The number of esters is 4. The monoisotopic (exact) mass is 1800 g/mol. The van der Waals surface area contributed by atoms with E-state index in [2.05, 4.69) is 42.2 Å². The number of hydrogen-bond donors (Lipinski definition) is 0. The van der Waals surface area contributed by atoms with E-state index in [1.807, 2.05) is 204 Å². The zero-order valence-electron chi connectivity index (χ0n) is 66.2. The Morgan fingerprint density at radius 3 is 0.975 bits per heavy atom. The quantitative estimate of drug-likeness (QED) is 0.0221. The van der Waals surface area contributed by atoms with Crippen LogP contribution in [0.2, 0.25) is 0 Å². The fourth-order valence-corrected chi connectivity index (χ4v) is 12.8. The fourth-order valence-electron chi connectivity index (χ4n) is 12.4. The Bertz CT molecular complexity index is 5510. The van der Waals surface area contributed by atoms with E-state index < -0.39 is 11.9 Å². The van der Waals surface area contributed by atoms with E-state index in [0.29, 0.717) is 67.9 Å². The first-order valence-electron chi connectivity index (χ1n) is 38.0. The van der Waals surface area contributed by atoms with Crippen molar-refractivity contribution >= 4 is 46.7 Å². The Morgan fingerprint density at radius 1 is 0.322 bits per heavy atom. The zero-order valence-corrected chi connectivity index (χ0v) is 75.6. The molecule has 12 nitrogen and oxygen atoms in total. The van der Waals surface area contributed by atoms with Crippen LogP contribution in [0, 0.1) is 57.7 Å². The normalized spacial score (nSPS) is 12.2. The fraction of sp³-hybridized carbons (Fsp3) is 0.127. The van der Waals surface area contributed by atoms with Crippen molar-refractivity contribution < 1.29 is 151 Å². The zero-order chi connectivity index (χ0) is 80.3. The number of carbonyl (C=O) groups excluding carboxylic acids is 5. The molecule has 0 atom stereocenters. The third-order valence-electron chi connectivity index (χ3n) is 19.1. The number of ketones is 1. The van der Waals surface area contributed by atoms with E-state index in [9.17, 15) is 24.0 Å². The van der Waals surface area contributed by atoms with Gasteiger partial charge in [0.15, 0.2) is 5.78 Å². The number of benzene rings is 13. The molecule has 14 aromatic rings. The number of pyridine rings is 1. The molecule has 1 aliphatic rings. The van der Waals surface area contributed by atoms with Crippen molar-refractivity contribution in [1.29, 1.82) is 0 Å². The SMILES string of the molecule is CC1CCC(CC(=S)Cc2cc[c-]cc2)CC1.Cc1ccc(C(=O)Oc2ccc(-c3ccc(C(=O)c4ccc(-c5ccc(C)nc5)cc4)cc3)cc2)cc1.Cc1ccc(OC(=O)c2ccc(C(=O)Oc3ccc(Oc4cc[c-]cc4)cc3)cc2)cc1.Cc1ccc(Oc2ccc(-c3ccc(OC(=O)c4cc[c-]cc4)cc3)cc2)cc1.[Y].[Y].[Y]. The van der Waals surface area contributed by atoms with E-state index in [0.717, 1.165) is 86.4 Å². The summed E-state index contributed by atoms with van der Waals surface area (Å²) in [6.45, 7) is 10.3. The Hall–Kier alpha value is -10.4. The molecule has 16 heteroatoms. The molecule has 1 aromatic heterocycles. The second-order valence-electron chi connectivity index (χ2n) is 28.0. The van der Waals surface area contributed by atoms with Gasteiger partial charge in [0.25, 0.3) is 0 Å². The average Bonchev–Trinajstić information content (AvgIpc) is 0.818. The maximum Gasteiger partial charge on any atom is 0.343 e. The van der Waals surface area contributed by atoms with Crippen molar-refractivity contribution in [2.24, 2.45) is 11.8 Å². The van der Waals surface area contributed by atoms with Crippen molar-refractivity contribution in [2.75, 3.05) is 0 Å². The van der Waals surface area contributed by atoms with Crippen LogP contribution in [0.4, 0.5) is 0 Å². The minimum absolute atomic E-state index is 0. The third-order valence-corrected chi connectivity index (χ3v) is 19.4. The number of hydrogen-bond acceptors (Lipinski definition) is 13. The van der Waals surface area contributed by atoms with E-state index in [-0.39, 0.29) is 116 Å². The summed E-state index contributed by atoms with van der Waals surface area (Å²) in [6, 6.07) is 108. The summed E-state index contributed by atoms with van der Waals surface area (Å²) in [7, 11) is 0. The van der Waals surface area contributed by atoms with Gasteiger partial charge in [0.2, 0.25) is 0 Å². The van der Waals surface area contributed by atoms with E-state index in [4.69, 9.17) is 40.6 Å². The van der Waals surface area contributed by atoms with Gasteiger partial charge in [-0.15, -0.1) is 12.1 Å².